The normalized spacial score (nSPS) is 7.71. The van der Waals surface area contributed by atoms with Crippen LogP contribution in [0.25, 0.3) is 0 Å². The Morgan fingerprint density at radius 2 is 1.86 bits per heavy atom. The molecule has 0 aromatic rings. The van der Waals surface area contributed by atoms with E-state index in [-0.39, 0.29) is 17.1 Å². The summed E-state index contributed by atoms with van der Waals surface area (Å²) in [6.07, 6.45) is 3.73. The zero-order valence-electron chi connectivity index (χ0n) is 4.51. The number of hydrogen-bond acceptors (Lipinski definition) is 0. The van der Waals surface area contributed by atoms with Gasteiger partial charge in [-0.2, -0.15) is 0 Å². The van der Waals surface area contributed by atoms with Crippen LogP contribution in [0.15, 0.2) is 0 Å². The van der Waals surface area contributed by atoms with E-state index in [4.69, 9.17) is 11.6 Å². The van der Waals surface area contributed by atoms with Gasteiger partial charge in [-0.25, -0.2) is 0 Å². The Hall–Kier alpha value is 0.809. The molecule has 0 aliphatic heterocycles. The van der Waals surface area contributed by atoms with E-state index in [0.29, 0.717) is 0 Å². The van der Waals surface area contributed by atoms with Gasteiger partial charge in [0.2, 0.25) is 0 Å². The van der Waals surface area contributed by atoms with Crippen LogP contribution >= 0.6 is 11.6 Å². The van der Waals surface area contributed by atoms with Gasteiger partial charge in [0.25, 0.3) is 0 Å². The first-order valence-corrected chi connectivity index (χ1v) is 3.01. The van der Waals surface area contributed by atoms with E-state index >= 15 is 0 Å². The zero-order chi connectivity index (χ0) is 4.83. The van der Waals surface area contributed by atoms with Gasteiger partial charge in [0.05, 0.1) is 0 Å². The van der Waals surface area contributed by atoms with Crippen LogP contribution in [0.5, 0.6) is 0 Å². The first-order chi connectivity index (χ1) is 2.91. The summed E-state index contributed by atoms with van der Waals surface area (Å²) >= 11 is 5.38. The summed E-state index contributed by atoms with van der Waals surface area (Å²) in [4.78, 5) is 0. The second-order valence-corrected chi connectivity index (χ2v) is 1.77. The fourth-order valence-corrected chi connectivity index (χ4v) is 0.533. The van der Waals surface area contributed by atoms with Crippen molar-refractivity contribution < 1.29 is 17.1 Å². The monoisotopic (exact) mass is 169 g/mol. The molecule has 0 heterocycles. The molecule has 0 saturated carbocycles. The Kier molecular flexibility index (Phi) is 15.2. The van der Waals surface area contributed by atoms with Crippen LogP contribution in [-0.2, 0) is 17.1 Å². The van der Waals surface area contributed by atoms with Gasteiger partial charge >= 0.3 is 0 Å². The van der Waals surface area contributed by atoms with E-state index in [1.807, 2.05) is 0 Å². The van der Waals surface area contributed by atoms with Crippen molar-refractivity contribution in [1.29, 1.82) is 0 Å². The average Bonchev–Trinajstić information content (AvgIpc) is 1.61. The van der Waals surface area contributed by atoms with Gasteiger partial charge in [-0.15, -0.1) is 11.6 Å². The van der Waals surface area contributed by atoms with E-state index in [1.54, 1.807) is 0 Å². The quantitative estimate of drug-likeness (QED) is 0.346. The number of hydrogen-bond donors (Lipinski definition) is 0. The summed E-state index contributed by atoms with van der Waals surface area (Å²) in [6.45, 7) is 2.17. The maximum Gasteiger partial charge on any atom is 0.0223 e. The van der Waals surface area contributed by atoms with Crippen LogP contribution in [0.4, 0.5) is 0 Å². The van der Waals surface area contributed by atoms with Crippen molar-refractivity contribution in [3.8, 4) is 0 Å². The van der Waals surface area contributed by atoms with Crippen molar-refractivity contribution in [2.45, 2.75) is 26.2 Å². The molecule has 0 N–H and O–H groups in total. The van der Waals surface area contributed by atoms with Crippen molar-refractivity contribution in [1.82, 2.24) is 0 Å². The first kappa shape index (κ1) is 10.7. The summed E-state index contributed by atoms with van der Waals surface area (Å²) in [5, 5.41) is 0. The number of alkyl halides is 1. The average molecular weight is 170 g/mol. The Bertz CT molecular complexity index is 20.0. The SMILES string of the molecule is CCCCCCl.[Cu]. The van der Waals surface area contributed by atoms with Crippen LogP contribution in [0.3, 0.4) is 0 Å². The second kappa shape index (κ2) is 9.94. The summed E-state index contributed by atoms with van der Waals surface area (Å²) in [7, 11) is 0. The third kappa shape index (κ3) is 10.9. The molecule has 2 heteroatoms. The van der Waals surface area contributed by atoms with Crippen LogP contribution in [0.1, 0.15) is 26.2 Å². The van der Waals surface area contributed by atoms with Gasteiger partial charge in [-0.05, 0) is 6.42 Å². The third-order valence-electron chi connectivity index (χ3n) is 0.737. The molecule has 0 amide bonds. The summed E-state index contributed by atoms with van der Waals surface area (Å²) < 4.78 is 0. The van der Waals surface area contributed by atoms with Crippen LogP contribution < -0.4 is 0 Å². The van der Waals surface area contributed by atoms with Crippen molar-refractivity contribution >= 4 is 11.6 Å². The minimum Gasteiger partial charge on any atom is -0.127 e. The minimum absolute atomic E-state index is 0. The molecule has 0 fully saturated rings. The maximum atomic E-state index is 5.38. The smallest absolute Gasteiger partial charge is 0.0223 e. The Morgan fingerprint density at radius 1 is 1.29 bits per heavy atom. The predicted octanol–water partition coefficient (Wildman–Crippen LogP) is 2.41. The zero-order valence-corrected chi connectivity index (χ0v) is 6.21. The molecule has 0 bridgehead atoms. The molecule has 0 saturated heterocycles. The molecule has 0 aliphatic rings. The standard InChI is InChI=1S/C5H11Cl.Cu/c1-2-3-4-5-6;/h2-5H2,1H3;. The van der Waals surface area contributed by atoms with Gasteiger partial charge in [0.15, 0.2) is 0 Å². The molecule has 7 heavy (non-hydrogen) atoms. The molecular formula is C5H11ClCu. The molecule has 0 aromatic carbocycles. The van der Waals surface area contributed by atoms with Gasteiger partial charge < -0.3 is 0 Å². The van der Waals surface area contributed by atoms with Gasteiger partial charge in [0, 0.05) is 22.9 Å². The summed E-state index contributed by atoms with van der Waals surface area (Å²) in [6, 6.07) is 0. The molecule has 0 rings (SSSR count). The fourth-order valence-electron chi connectivity index (χ4n) is 0.344. The molecule has 0 spiro atoms. The van der Waals surface area contributed by atoms with Gasteiger partial charge in [0.1, 0.15) is 0 Å². The number of rotatable bonds is 3. The largest absolute Gasteiger partial charge is 0.127 e. The van der Waals surface area contributed by atoms with Crippen LogP contribution in [0, 0.1) is 0 Å². The summed E-state index contributed by atoms with van der Waals surface area (Å²) in [5.74, 6) is 0.827. The molecule has 0 atom stereocenters. The van der Waals surface area contributed by atoms with Crippen LogP contribution in [-0.4, -0.2) is 5.88 Å². The van der Waals surface area contributed by atoms with Gasteiger partial charge in [-0.1, -0.05) is 19.8 Å². The molecule has 1 radical (unpaired) electrons. The predicted molar refractivity (Wildman–Crippen MR) is 30.2 cm³/mol. The maximum absolute atomic E-state index is 5.38. The van der Waals surface area contributed by atoms with E-state index in [0.717, 1.165) is 5.88 Å². The van der Waals surface area contributed by atoms with Crippen molar-refractivity contribution in [3.63, 3.8) is 0 Å². The molecule has 0 unspecified atom stereocenters. The minimum atomic E-state index is 0. The number of unbranched alkanes of at least 4 members (excludes halogenated alkanes) is 2. The Labute approximate surface area is 61.1 Å². The second-order valence-electron chi connectivity index (χ2n) is 1.40. The van der Waals surface area contributed by atoms with Crippen LogP contribution in [0.2, 0.25) is 0 Å². The Morgan fingerprint density at radius 3 is 2.00 bits per heavy atom. The van der Waals surface area contributed by atoms with Gasteiger partial charge in [-0.3, -0.25) is 0 Å². The van der Waals surface area contributed by atoms with E-state index in [2.05, 4.69) is 6.92 Å². The van der Waals surface area contributed by atoms with E-state index in [1.165, 1.54) is 19.3 Å². The number of halogens is 1. The van der Waals surface area contributed by atoms with Crippen molar-refractivity contribution in [2.75, 3.05) is 5.88 Å². The Balaban J connectivity index is 0. The molecule has 49 valence electrons. The fraction of sp³-hybridized carbons (Fsp3) is 1.00. The summed E-state index contributed by atoms with van der Waals surface area (Å²) in [5.41, 5.74) is 0. The van der Waals surface area contributed by atoms with E-state index in [9.17, 15) is 0 Å². The van der Waals surface area contributed by atoms with Crippen molar-refractivity contribution in [3.05, 3.63) is 0 Å². The third-order valence-corrected chi connectivity index (χ3v) is 1.00. The molecular weight excluding hydrogens is 159 g/mol. The molecule has 0 aromatic heterocycles. The first-order valence-electron chi connectivity index (χ1n) is 2.47. The molecule has 0 nitrogen and oxygen atoms in total. The van der Waals surface area contributed by atoms with E-state index < -0.39 is 0 Å². The molecule has 0 aliphatic carbocycles. The topological polar surface area (TPSA) is 0 Å². The van der Waals surface area contributed by atoms with Crippen molar-refractivity contribution in [2.24, 2.45) is 0 Å².